The first-order valence-corrected chi connectivity index (χ1v) is 8.64. The monoisotopic (exact) mass is 295 g/mol. The highest BCUT2D eigenvalue weighted by Crippen LogP contribution is 2.21. The molecule has 5 heteroatoms. The van der Waals surface area contributed by atoms with Crippen LogP contribution in [0.25, 0.3) is 0 Å². The molecule has 3 rings (SSSR count). The highest BCUT2D eigenvalue weighted by molar-refractivity contribution is 5.78. The number of nitrogens with zero attached hydrogens (tertiary/aromatic N) is 3. The summed E-state index contributed by atoms with van der Waals surface area (Å²) in [6.07, 6.45) is 6.20. The summed E-state index contributed by atoms with van der Waals surface area (Å²) in [6.45, 7) is 7.20. The molecule has 0 bridgehead atoms. The van der Waals surface area contributed by atoms with Crippen molar-refractivity contribution in [2.75, 3.05) is 45.8 Å². The van der Waals surface area contributed by atoms with Gasteiger partial charge < -0.3 is 14.9 Å². The fourth-order valence-corrected chi connectivity index (χ4v) is 4.03. The van der Waals surface area contributed by atoms with E-state index in [1.807, 2.05) is 4.90 Å². The average Bonchev–Trinajstić information content (AvgIpc) is 2.91. The topological polar surface area (TPSA) is 47.0 Å². The van der Waals surface area contributed by atoms with Gasteiger partial charge >= 0.3 is 0 Å². The first-order valence-electron chi connectivity index (χ1n) is 8.64. The molecule has 1 atom stereocenters. The number of hydrogen-bond acceptors (Lipinski definition) is 4. The molecular weight excluding hydrogens is 266 g/mol. The van der Waals surface area contributed by atoms with E-state index in [1.54, 1.807) is 0 Å². The molecule has 0 saturated carbocycles. The van der Waals surface area contributed by atoms with Crippen molar-refractivity contribution in [3.63, 3.8) is 0 Å². The van der Waals surface area contributed by atoms with Gasteiger partial charge in [-0.25, -0.2) is 0 Å². The SMILES string of the molecule is O=C1CCCN1CCN1CCC(N2CCCC(O)C2)CC1. The molecule has 0 aliphatic carbocycles. The van der Waals surface area contributed by atoms with E-state index in [0.29, 0.717) is 11.9 Å². The Morgan fingerprint density at radius 2 is 1.81 bits per heavy atom. The van der Waals surface area contributed by atoms with Crippen LogP contribution in [0.1, 0.15) is 38.5 Å². The number of carbonyl (C=O) groups excluding carboxylic acids is 1. The normalized spacial score (nSPS) is 30.2. The van der Waals surface area contributed by atoms with Crippen LogP contribution in [0.15, 0.2) is 0 Å². The average molecular weight is 295 g/mol. The number of amides is 1. The number of rotatable bonds is 4. The van der Waals surface area contributed by atoms with Gasteiger partial charge in [-0.1, -0.05) is 0 Å². The molecule has 3 aliphatic rings. The second kappa shape index (κ2) is 7.07. The number of carbonyl (C=O) groups is 1. The molecule has 0 radical (unpaired) electrons. The summed E-state index contributed by atoms with van der Waals surface area (Å²) >= 11 is 0. The fraction of sp³-hybridized carbons (Fsp3) is 0.938. The van der Waals surface area contributed by atoms with Crippen LogP contribution in [0.3, 0.4) is 0 Å². The maximum absolute atomic E-state index is 11.6. The molecule has 3 saturated heterocycles. The van der Waals surface area contributed by atoms with Crippen molar-refractivity contribution < 1.29 is 9.90 Å². The molecule has 0 aromatic rings. The number of likely N-dealkylation sites (tertiary alicyclic amines) is 3. The minimum absolute atomic E-state index is 0.113. The van der Waals surface area contributed by atoms with E-state index in [9.17, 15) is 9.90 Å². The molecule has 0 aromatic heterocycles. The van der Waals surface area contributed by atoms with Crippen molar-refractivity contribution in [1.82, 2.24) is 14.7 Å². The lowest BCUT2D eigenvalue weighted by Gasteiger charge is -2.41. The maximum atomic E-state index is 11.6. The van der Waals surface area contributed by atoms with E-state index in [-0.39, 0.29) is 6.10 Å². The van der Waals surface area contributed by atoms with Crippen LogP contribution in [0.4, 0.5) is 0 Å². The molecule has 3 heterocycles. The largest absolute Gasteiger partial charge is 0.392 e. The van der Waals surface area contributed by atoms with Crippen molar-refractivity contribution in [1.29, 1.82) is 0 Å². The second-order valence-corrected chi connectivity index (χ2v) is 6.85. The summed E-state index contributed by atoms with van der Waals surface area (Å²) in [5.74, 6) is 0.340. The quantitative estimate of drug-likeness (QED) is 0.822. The predicted octanol–water partition coefficient (Wildman–Crippen LogP) is 0.530. The van der Waals surface area contributed by atoms with Crippen molar-refractivity contribution in [2.45, 2.75) is 50.7 Å². The third kappa shape index (κ3) is 3.96. The number of aliphatic hydroxyl groups excluding tert-OH is 1. The molecule has 21 heavy (non-hydrogen) atoms. The smallest absolute Gasteiger partial charge is 0.222 e. The van der Waals surface area contributed by atoms with Crippen LogP contribution >= 0.6 is 0 Å². The van der Waals surface area contributed by atoms with Gasteiger partial charge in [0.05, 0.1) is 6.10 Å². The van der Waals surface area contributed by atoms with Crippen LogP contribution in [0.5, 0.6) is 0 Å². The molecule has 1 unspecified atom stereocenters. The lowest BCUT2D eigenvalue weighted by Crippen LogP contribution is -2.50. The van der Waals surface area contributed by atoms with Crippen LogP contribution in [-0.4, -0.2) is 83.7 Å². The Balaban J connectivity index is 1.37. The molecule has 120 valence electrons. The minimum atomic E-state index is -0.113. The molecular formula is C16H29N3O2. The summed E-state index contributed by atoms with van der Waals surface area (Å²) in [4.78, 5) is 18.6. The summed E-state index contributed by atoms with van der Waals surface area (Å²) in [5, 5.41) is 9.80. The van der Waals surface area contributed by atoms with Gasteiger partial charge in [0, 0.05) is 38.6 Å². The summed E-state index contributed by atoms with van der Waals surface area (Å²) < 4.78 is 0. The molecule has 0 spiro atoms. The third-order valence-electron chi connectivity index (χ3n) is 5.36. The van der Waals surface area contributed by atoms with Crippen LogP contribution < -0.4 is 0 Å². The molecule has 0 aromatic carbocycles. The van der Waals surface area contributed by atoms with Gasteiger partial charge in [-0.15, -0.1) is 0 Å². The molecule has 3 fully saturated rings. The zero-order valence-electron chi connectivity index (χ0n) is 13.0. The molecule has 3 aliphatic heterocycles. The van der Waals surface area contributed by atoms with Crippen molar-refractivity contribution >= 4 is 5.91 Å². The lowest BCUT2D eigenvalue weighted by molar-refractivity contribution is -0.127. The van der Waals surface area contributed by atoms with E-state index in [1.165, 1.54) is 12.8 Å². The minimum Gasteiger partial charge on any atom is -0.392 e. The van der Waals surface area contributed by atoms with Gasteiger partial charge in [0.1, 0.15) is 0 Å². The van der Waals surface area contributed by atoms with E-state index in [2.05, 4.69) is 9.80 Å². The Morgan fingerprint density at radius 3 is 2.48 bits per heavy atom. The Kier molecular flexibility index (Phi) is 5.14. The number of piperidine rings is 2. The van der Waals surface area contributed by atoms with Crippen LogP contribution in [0.2, 0.25) is 0 Å². The highest BCUT2D eigenvalue weighted by atomic mass is 16.3. The van der Waals surface area contributed by atoms with Crippen molar-refractivity contribution in [3.05, 3.63) is 0 Å². The van der Waals surface area contributed by atoms with Gasteiger partial charge in [-0.2, -0.15) is 0 Å². The van der Waals surface area contributed by atoms with E-state index >= 15 is 0 Å². The second-order valence-electron chi connectivity index (χ2n) is 6.85. The molecule has 5 nitrogen and oxygen atoms in total. The first-order chi connectivity index (χ1) is 10.2. The zero-order valence-corrected chi connectivity index (χ0v) is 13.0. The molecule has 1 N–H and O–H groups in total. The molecule has 1 amide bonds. The first kappa shape index (κ1) is 15.3. The number of hydrogen-bond donors (Lipinski definition) is 1. The maximum Gasteiger partial charge on any atom is 0.222 e. The summed E-state index contributed by atoms with van der Waals surface area (Å²) in [7, 11) is 0. The Bertz CT molecular complexity index is 355. The number of aliphatic hydroxyl groups is 1. The standard InChI is InChI=1S/C16H29N3O2/c20-15-3-1-8-19(13-15)14-5-9-17(10-6-14)11-12-18-7-2-4-16(18)21/h14-15,20H,1-13H2. The van der Waals surface area contributed by atoms with E-state index in [4.69, 9.17) is 0 Å². The van der Waals surface area contributed by atoms with Gasteiger partial charge in [-0.05, 0) is 51.7 Å². The van der Waals surface area contributed by atoms with Gasteiger partial charge in [-0.3, -0.25) is 9.69 Å². The fourth-order valence-electron chi connectivity index (χ4n) is 4.03. The highest BCUT2D eigenvalue weighted by Gasteiger charge is 2.28. The van der Waals surface area contributed by atoms with E-state index in [0.717, 1.165) is 71.5 Å². The Morgan fingerprint density at radius 1 is 1.00 bits per heavy atom. The van der Waals surface area contributed by atoms with Gasteiger partial charge in [0.2, 0.25) is 5.91 Å². The van der Waals surface area contributed by atoms with Crippen LogP contribution in [0, 0.1) is 0 Å². The lowest BCUT2D eigenvalue weighted by atomic mass is 9.99. The number of β-amino-alcohol motifs (C(OH)–C–C–N with tert-alkyl or cyclic N) is 1. The summed E-state index contributed by atoms with van der Waals surface area (Å²) in [6, 6.07) is 0.657. The van der Waals surface area contributed by atoms with Gasteiger partial charge in [0.15, 0.2) is 0 Å². The summed E-state index contributed by atoms with van der Waals surface area (Å²) in [5.41, 5.74) is 0. The van der Waals surface area contributed by atoms with Crippen molar-refractivity contribution in [3.8, 4) is 0 Å². The zero-order chi connectivity index (χ0) is 14.7. The van der Waals surface area contributed by atoms with Crippen molar-refractivity contribution in [2.24, 2.45) is 0 Å². The van der Waals surface area contributed by atoms with Gasteiger partial charge in [0.25, 0.3) is 0 Å². The third-order valence-corrected chi connectivity index (χ3v) is 5.36. The predicted molar refractivity (Wildman–Crippen MR) is 82.1 cm³/mol. The Labute approximate surface area is 127 Å². The van der Waals surface area contributed by atoms with E-state index < -0.39 is 0 Å². The van der Waals surface area contributed by atoms with Crippen LogP contribution in [-0.2, 0) is 4.79 Å². The Hall–Kier alpha value is -0.650.